The van der Waals surface area contributed by atoms with Crippen LogP contribution < -0.4 is 4.90 Å². The van der Waals surface area contributed by atoms with Crippen molar-refractivity contribution in [2.24, 2.45) is 0 Å². The lowest BCUT2D eigenvalue weighted by Crippen LogP contribution is -2.20. The molecule has 0 atom stereocenters. The molecule has 0 radical (unpaired) electrons. The van der Waals surface area contributed by atoms with E-state index >= 15 is 0 Å². The minimum Gasteiger partial charge on any atom is -0.383 e. The van der Waals surface area contributed by atoms with Crippen LogP contribution in [0.3, 0.4) is 0 Å². The molecule has 0 aliphatic carbocycles. The number of methoxy groups -OCH3 is 1. The summed E-state index contributed by atoms with van der Waals surface area (Å²) >= 11 is 1.68. The number of ether oxygens (including phenoxy) is 1. The van der Waals surface area contributed by atoms with Crippen molar-refractivity contribution in [3.8, 4) is 0 Å². The second-order valence-electron chi connectivity index (χ2n) is 4.75. The summed E-state index contributed by atoms with van der Waals surface area (Å²) in [5, 5.41) is 9.14. The number of rotatable bonds is 6. The fourth-order valence-corrected chi connectivity index (χ4v) is 3.01. The van der Waals surface area contributed by atoms with Gasteiger partial charge in [-0.3, -0.25) is 0 Å². The first-order chi connectivity index (χ1) is 10.3. The third kappa shape index (κ3) is 3.03. The predicted octanol–water partition coefficient (Wildman–Crippen LogP) is 2.17. The van der Waals surface area contributed by atoms with Crippen LogP contribution in [-0.2, 0) is 17.8 Å². The van der Waals surface area contributed by atoms with Gasteiger partial charge in [-0.25, -0.2) is 4.98 Å². The maximum absolute atomic E-state index is 5.10. The van der Waals surface area contributed by atoms with E-state index in [-0.39, 0.29) is 0 Å². The molecule has 0 aliphatic heterocycles. The average Bonchev–Trinajstić information content (AvgIpc) is 3.11. The Bertz CT molecular complexity index is 690. The Balaban J connectivity index is 1.76. The fraction of sp³-hybridized carbons (Fsp3) is 0.357. The largest absolute Gasteiger partial charge is 0.383 e. The van der Waals surface area contributed by atoms with Gasteiger partial charge in [-0.15, -0.1) is 10.2 Å². The van der Waals surface area contributed by atoms with Crippen LogP contribution in [0.25, 0.3) is 10.2 Å². The Morgan fingerprint density at radius 1 is 1.33 bits per heavy atom. The first-order valence-electron chi connectivity index (χ1n) is 6.70. The second kappa shape index (κ2) is 6.19. The van der Waals surface area contributed by atoms with Crippen molar-refractivity contribution < 1.29 is 4.74 Å². The first-order valence-corrected chi connectivity index (χ1v) is 7.52. The van der Waals surface area contributed by atoms with Gasteiger partial charge < -0.3 is 14.2 Å². The molecule has 110 valence electrons. The van der Waals surface area contributed by atoms with E-state index in [0.717, 1.165) is 23.0 Å². The third-order valence-corrected chi connectivity index (χ3v) is 4.37. The number of fused-ring (bicyclic) bond motifs is 1. The molecular weight excluding hydrogens is 286 g/mol. The molecule has 2 aromatic heterocycles. The molecule has 6 nitrogen and oxygen atoms in total. The molecule has 0 bridgehead atoms. The third-order valence-electron chi connectivity index (χ3n) is 3.22. The molecule has 7 heteroatoms. The monoisotopic (exact) mass is 303 g/mol. The number of hydrogen-bond acceptors (Lipinski definition) is 6. The minimum atomic E-state index is 0.649. The number of hydrogen-bond donors (Lipinski definition) is 0. The van der Waals surface area contributed by atoms with E-state index in [1.165, 1.54) is 4.70 Å². The zero-order chi connectivity index (χ0) is 14.7. The number of thiazole rings is 1. The molecule has 0 amide bonds. The van der Waals surface area contributed by atoms with Crippen LogP contribution in [0.15, 0.2) is 30.6 Å². The Kier molecular flexibility index (Phi) is 4.12. The van der Waals surface area contributed by atoms with E-state index in [1.807, 2.05) is 29.8 Å². The predicted molar refractivity (Wildman–Crippen MR) is 83.6 cm³/mol. The van der Waals surface area contributed by atoms with E-state index in [2.05, 4.69) is 26.1 Å². The molecule has 0 saturated carbocycles. The molecule has 3 rings (SSSR count). The Labute approximate surface area is 127 Å². The number of para-hydroxylation sites is 1. The smallest absolute Gasteiger partial charge is 0.186 e. The zero-order valence-corrected chi connectivity index (χ0v) is 12.9. The van der Waals surface area contributed by atoms with Gasteiger partial charge in [0.05, 0.1) is 23.4 Å². The normalized spacial score (nSPS) is 11.1. The summed E-state index contributed by atoms with van der Waals surface area (Å²) in [5.41, 5.74) is 1.03. The van der Waals surface area contributed by atoms with Crippen molar-refractivity contribution in [3.05, 3.63) is 36.4 Å². The lowest BCUT2D eigenvalue weighted by atomic mass is 10.3. The summed E-state index contributed by atoms with van der Waals surface area (Å²) in [4.78, 5) is 6.74. The number of anilines is 1. The molecule has 21 heavy (non-hydrogen) atoms. The van der Waals surface area contributed by atoms with Crippen molar-refractivity contribution in [2.75, 3.05) is 25.7 Å². The second-order valence-corrected chi connectivity index (χ2v) is 5.76. The molecular formula is C14H17N5OS. The Morgan fingerprint density at radius 2 is 2.19 bits per heavy atom. The van der Waals surface area contributed by atoms with Gasteiger partial charge in [-0.2, -0.15) is 0 Å². The molecule has 0 unspecified atom stereocenters. The maximum atomic E-state index is 5.10. The summed E-state index contributed by atoms with van der Waals surface area (Å²) in [5.74, 6) is 0.911. The van der Waals surface area contributed by atoms with Gasteiger partial charge >= 0.3 is 0 Å². The summed E-state index contributed by atoms with van der Waals surface area (Å²) in [6, 6.07) is 8.16. The Morgan fingerprint density at radius 3 is 3.00 bits per heavy atom. The minimum absolute atomic E-state index is 0.649. The standard InChI is InChI=1S/C14H17N5OS/c1-18(9-13-17-15-10-19(13)7-8-20-2)14-16-11-5-3-4-6-12(11)21-14/h3-6,10H,7-9H2,1-2H3. The molecule has 2 heterocycles. The molecule has 0 N–H and O–H groups in total. The summed E-state index contributed by atoms with van der Waals surface area (Å²) < 4.78 is 8.30. The topological polar surface area (TPSA) is 56.1 Å². The van der Waals surface area contributed by atoms with Crippen molar-refractivity contribution in [3.63, 3.8) is 0 Å². The molecule has 0 aliphatic rings. The van der Waals surface area contributed by atoms with E-state index in [0.29, 0.717) is 13.2 Å². The highest BCUT2D eigenvalue weighted by atomic mass is 32.1. The molecule has 0 spiro atoms. The van der Waals surface area contributed by atoms with Crippen LogP contribution in [-0.4, -0.2) is 40.5 Å². The van der Waals surface area contributed by atoms with Crippen LogP contribution in [0, 0.1) is 0 Å². The van der Waals surface area contributed by atoms with Crippen LogP contribution >= 0.6 is 11.3 Å². The number of benzene rings is 1. The average molecular weight is 303 g/mol. The van der Waals surface area contributed by atoms with Gasteiger partial charge in [-0.1, -0.05) is 23.5 Å². The molecule has 3 aromatic rings. The fourth-order valence-electron chi connectivity index (χ4n) is 2.08. The molecule has 0 fully saturated rings. The van der Waals surface area contributed by atoms with Crippen molar-refractivity contribution in [1.82, 2.24) is 19.7 Å². The van der Waals surface area contributed by atoms with Crippen molar-refractivity contribution in [1.29, 1.82) is 0 Å². The van der Waals surface area contributed by atoms with Crippen LogP contribution in [0.1, 0.15) is 5.82 Å². The summed E-state index contributed by atoms with van der Waals surface area (Å²) in [6.45, 7) is 2.08. The van der Waals surface area contributed by atoms with Crippen molar-refractivity contribution in [2.45, 2.75) is 13.1 Å². The van der Waals surface area contributed by atoms with Gasteiger partial charge in [0.15, 0.2) is 11.0 Å². The maximum Gasteiger partial charge on any atom is 0.186 e. The highest BCUT2D eigenvalue weighted by molar-refractivity contribution is 7.22. The van der Waals surface area contributed by atoms with E-state index < -0.39 is 0 Å². The van der Waals surface area contributed by atoms with Gasteiger partial charge in [-0.05, 0) is 12.1 Å². The van der Waals surface area contributed by atoms with Gasteiger partial charge in [0.25, 0.3) is 0 Å². The quantitative estimate of drug-likeness (QED) is 0.698. The van der Waals surface area contributed by atoms with Crippen LogP contribution in [0.2, 0.25) is 0 Å². The van der Waals surface area contributed by atoms with E-state index in [4.69, 9.17) is 4.74 Å². The Hall–Kier alpha value is -1.99. The lowest BCUT2D eigenvalue weighted by Gasteiger charge is -2.15. The van der Waals surface area contributed by atoms with E-state index in [9.17, 15) is 0 Å². The van der Waals surface area contributed by atoms with Gasteiger partial charge in [0.2, 0.25) is 0 Å². The molecule has 1 aromatic carbocycles. The number of nitrogens with zero attached hydrogens (tertiary/aromatic N) is 5. The summed E-state index contributed by atoms with van der Waals surface area (Å²) in [7, 11) is 3.71. The summed E-state index contributed by atoms with van der Waals surface area (Å²) in [6.07, 6.45) is 1.74. The van der Waals surface area contributed by atoms with Crippen LogP contribution in [0.5, 0.6) is 0 Å². The van der Waals surface area contributed by atoms with Gasteiger partial charge in [0, 0.05) is 20.7 Å². The zero-order valence-electron chi connectivity index (χ0n) is 12.1. The van der Waals surface area contributed by atoms with E-state index in [1.54, 1.807) is 24.8 Å². The van der Waals surface area contributed by atoms with Gasteiger partial charge in [0.1, 0.15) is 6.33 Å². The highest BCUT2D eigenvalue weighted by Crippen LogP contribution is 2.28. The lowest BCUT2D eigenvalue weighted by molar-refractivity contribution is 0.186. The highest BCUT2D eigenvalue weighted by Gasteiger charge is 2.12. The first kappa shape index (κ1) is 14.0. The SMILES string of the molecule is COCCn1cnnc1CN(C)c1nc2ccccc2s1. The van der Waals surface area contributed by atoms with Crippen LogP contribution in [0.4, 0.5) is 5.13 Å². The molecule has 0 saturated heterocycles. The number of aromatic nitrogens is 4. The van der Waals surface area contributed by atoms with Crippen molar-refractivity contribution >= 4 is 26.7 Å².